The smallest absolute Gasteiger partial charge is 0.107 e. The van der Waals surface area contributed by atoms with Crippen LogP contribution in [0, 0.1) is 0 Å². The summed E-state index contributed by atoms with van der Waals surface area (Å²) in [5.74, 6) is 0. The van der Waals surface area contributed by atoms with Crippen molar-refractivity contribution in [3.63, 3.8) is 0 Å². The van der Waals surface area contributed by atoms with Crippen molar-refractivity contribution >= 4 is 21.6 Å². The normalized spacial score (nSPS) is 13.1. The summed E-state index contributed by atoms with van der Waals surface area (Å²) in [6, 6.07) is 5.88. The van der Waals surface area contributed by atoms with Gasteiger partial charge in [0.25, 0.3) is 0 Å². The lowest BCUT2D eigenvalue weighted by atomic mass is 10.0. The molecule has 2 nitrogen and oxygen atoms in total. The Labute approximate surface area is 123 Å². The van der Waals surface area contributed by atoms with Crippen molar-refractivity contribution in [3.05, 3.63) is 59.2 Å². The lowest BCUT2D eigenvalue weighted by Gasteiger charge is -2.11. The first-order valence-electron chi connectivity index (χ1n) is 6.05. The molecule has 0 aliphatic heterocycles. The van der Waals surface area contributed by atoms with Crippen molar-refractivity contribution in [2.24, 2.45) is 0 Å². The Morgan fingerprint density at radius 2 is 2.21 bits per heavy atom. The zero-order chi connectivity index (χ0) is 14.1. The molecule has 1 heterocycles. The van der Waals surface area contributed by atoms with E-state index in [0.717, 1.165) is 10.6 Å². The maximum atomic E-state index is 9.17. The summed E-state index contributed by atoms with van der Waals surface area (Å²) in [4.78, 5) is 5.47. The second-order valence-corrected chi connectivity index (χ2v) is 6.29. The van der Waals surface area contributed by atoms with Gasteiger partial charge in [-0.3, -0.25) is 0 Å². The minimum atomic E-state index is 0.157. The van der Waals surface area contributed by atoms with Crippen LogP contribution in [0.5, 0.6) is 0 Å². The van der Waals surface area contributed by atoms with Crippen molar-refractivity contribution in [2.45, 2.75) is 25.3 Å². The van der Waals surface area contributed by atoms with E-state index in [0.29, 0.717) is 6.42 Å². The number of nitrogens with zero attached hydrogens (tertiary/aromatic N) is 1. The summed E-state index contributed by atoms with van der Waals surface area (Å²) in [7, 11) is 3.31. The fraction of sp³-hybridized carbons (Fsp3) is 0.267. The minimum Gasteiger partial charge on any atom is -0.396 e. The van der Waals surface area contributed by atoms with E-state index in [2.05, 4.69) is 18.5 Å². The maximum Gasteiger partial charge on any atom is 0.107 e. The van der Waals surface area contributed by atoms with E-state index in [1.54, 1.807) is 33.9 Å². The number of allylic oxidation sites excluding steroid dienone is 4. The average molecular weight is 293 g/mol. The molecule has 0 spiro atoms. The van der Waals surface area contributed by atoms with Crippen LogP contribution in [0.15, 0.2) is 64.2 Å². The topological polar surface area (TPSA) is 33.1 Å². The summed E-state index contributed by atoms with van der Waals surface area (Å²) in [6.07, 6.45) is 6.20. The summed E-state index contributed by atoms with van der Waals surface area (Å²) in [5, 5.41) is 10.2. The first-order chi connectivity index (χ1) is 9.19. The Hall–Kier alpha value is -0.970. The van der Waals surface area contributed by atoms with Crippen molar-refractivity contribution in [1.82, 2.24) is 4.98 Å². The van der Waals surface area contributed by atoms with E-state index in [-0.39, 0.29) is 6.61 Å². The molecule has 0 unspecified atom stereocenters. The molecule has 0 aromatic carbocycles. The van der Waals surface area contributed by atoms with Gasteiger partial charge in [0, 0.05) is 12.8 Å². The molecule has 19 heavy (non-hydrogen) atoms. The quantitative estimate of drug-likeness (QED) is 0.588. The van der Waals surface area contributed by atoms with Gasteiger partial charge in [0.05, 0.1) is 0 Å². The summed E-state index contributed by atoms with van der Waals surface area (Å²) < 4.78 is 0. The van der Waals surface area contributed by atoms with Crippen LogP contribution in [0.1, 0.15) is 20.3 Å². The summed E-state index contributed by atoms with van der Waals surface area (Å²) >= 11 is 0. The van der Waals surface area contributed by atoms with Crippen LogP contribution in [-0.4, -0.2) is 16.7 Å². The second-order valence-electron chi connectivity index (χ2n) is 3.93. The molecule has 1 aromatic rings. The fourth-order valence-corrected chi connectivity index (χ4v) is 3.63. The molecule has 4 heteroatoms. The number of aliphatic hydroxyl groups excluding tert-OH is 1. The van der Waals surface area contributed by atoms with Gasteiger partial charge in [0.2, 0.25) is 0 Å². The van der Waals surface area contributed by atoms with Crippen LogP contribution in [0.2, 0.25) is 0 Å². The van der Waals surface area contributed by atoms with E-state index in [1.165, 1.54) is 10.5 Å². The van der Waals surface area contributed by atoms with Gasteiger partial charge >= 0.3 is 0 Å². The predicted molar refractivity (Wildman–Crippen MR) is 86.0 cm³/mol. The molecular weight excluding hydrogens is 274 g/mol. The Morgan fingerprint density at radius 1 is 1.42 bits per heavy atom. The molecule has 0 saturated carbocycles. The third kappa shape index (κ3) is 5.68. The van der Waals surface area contributed by atoms with E-state index in [9.17, 15) is 5.11 Å². The summed E-state index contributed by atoms with van der Waals surface area (Å²) in [6.45, 7) is 7.99. The van der Waals surface area contributed by atoms with E-state index in [4.69, 9.17) is 0 Å². The lowest BCUT2D eigenvalue weighted by Crippen LogP contribution is -1.93. The van der Waals surface area contributed by atoms with Crippen LogP contribution in [0.25, 0.3) is 0 Å². The Balaban J connectivity index is 2.79. The standard InChI is InChI=1S/C15H19NOS2/c1-4-7-12(2)14(9-11-17)13(3)18-19-15-8-5-6-10-16-15/h4-8,10,17H,1,9,11H2,2-3H3/b12-7-,14-13+. The van der Waals surface area contributed by atoms with E-state index < -0.39 is 0 Å². The van der Waals surface area contributed by atoms with Gasteiger partial charge in [-0.1, -0.05) is 35.6 Å². The third-order valence-electron chi connectivity index (χ3n) is 2.52. The Bertz CT molecular complexity index is 466. The Morgan fingerprint density at radius 3 is 2.79 bits per heavy atom. The first kappa shape index (κ1) is 16.1. The molecule has 0 bridgehead atoms. The SMILES string of the molecule is C=C/C=C(C)\C(CCO)=C(/C)SSc1ccccn1. The van der Waals surface area contributed by atoms with Gasteiger partial charge in [-0.05, 0) is 59.2 Å². The number of pyridine rings is 1. The third-order valence-corrected chi connectivity index (χ3v) is 5.02. The second kappa shape index (κ2) is 9.02. The maximum absolute atomic E-state index is 9.17. The highest BCUT2D eigenvalue weighted by molar-refractivity contribution is 8.78. The number of rotatable bonds is 7. The van der Waals surface area contributed by atoms with Crippen LogP contribution < -0.4 is 0 Å². The number of aromatic nitrogens is 1. The highest BCUT2D eigenvalue weighted by atomic mass is 33.1. The van der Waals surface area contributed by atoms with Gasteiger partial charge < -0.3 is 5.11 Å². The molecule has 0 amide bonds. The van der Waals surface area contributed by atoms with Crippen LogP contribution >= 0.6 is 21.6 Å². The monoisotopic (exact) mass is 293 g/mol. The Kier molecular flexibility index (Phi) is 7.63. The molecule has 0 fully saturated rings. The predicted octanol–water partition coefficient (Wildman–Crippen LogP) is 4.61. The van der Waals surface area contributed by atoms with Crippen LogP contribution in [0.3, 0.4) is 0 Å². The van der Waals surface area contributed by atoms with Crippen molar-refractivity contribution in [2.75, 3.05) is 6.61 Å². The van der Waals surface area contributed by atoms with Gasteiger partial charge in [-0.15, -0.1) is 0 Å². The van der Waals surface area contributed by atoms with Crippen molar-refractivity contribution in [3.8, 4) is 0 Å². The molecule has 0 radical (unpaired) electrons. The number of hydrogen-bond donors (Lipinski definition) is 1. The molecule has 0 aliphatic rings. The van der Waals surface area contributed by atoms with Crippen molar-refractivity contribution in [1.29, 1.82) is 0 Å². The van der Waals surface area contributed by atoms with Crippen molar-refractivity contribution < 1.29 is 5.11 Å². The first-order valence-corrected chi connectivity index (χ1v) is 8.20. The van der Waals surface area contributed by atoms with Gasteiger partial charge in [0.15, 0.2) is 0 Å². The lowest BCUT2D eigenvalue weighted by molar-refractivity contribution is 0.299. The largest absolute Gasteiger partial charge is 0.396 e. The summed E-state index contributed by atoms with van der Waals surface area (Å²) in [5.41, 5.74) is 2.33. The number of aliphatic hydroxyl groups is 1. The molecule has 1 N–H and O–H groups in total. The molecule has 0 aliphatic carbocycles. The minimum absolute atomic E-state index is 0.157. The highest BCUT2D eigenvalue weighted by Gasteiger charge is 2.06. The average Bonchev–Trinajstić information content (AvgIpc) is 2.43. The zero-order valence-electron chi connectivity index (χ0n) is 11.3. The molecular formula is C15H19NOS2. The molecule has 1 rings (SSSR count). The fourth-order valence-electron chi connectivity index (χ4n) is 1.59. The number of hydrogen-bond acceptors (Lipinski definition) is 4. The van der Waals surface area contributed by atoms with Gasteiger partial charge in [-0.25, -0.2) is 4.98 Å². The van der Waals surface area contributed by atoms with Gasteiger partial charge in [0.1, 0.15) is 5.03 Å². The zero-order valence-corrected chi connectivity index (χ0v) is 12.9. The van der Waals surface area contributed by atoms with Gasteiger partial charge in [-0.2, -0.15) is 0 Å². The molecule has 102 valence electrons. The highest BCUT2D eigenvalue weighted by Crippen LogP contribution is 2.38. The van der Waals surface area contributed by atoms with E-state index in [1.807, 2.05) is 31.2 Å². The van der Waals surface area contributed by atoms with E-state index >= 15 is 0 Å². The molecule has 0 saturated heterocycles. The molecule has 0 atom stereocenters. The molecule has 1 aromatic heterocycles. The van der Waals surface area contributed by atoms with Crippen LogP contribution in [-0.2, 0) is 0 Å². The van der Waals surface area contributed by atoms with Crippen LogP contribution in [0.4, 0.5) is 0 Å².